The average molecular weight is 581 g/mol. The summed E-state index contributed by atoms with van der Waals surface area (Å²) in [6, 6.07) is 46.4. The summed E-state index contributed by atoms with van der Waals surface area (Å²) in [7, 11) is 0. The number of aryl methyl sites for hydroxylation is 1. The number of pyridine rings is 1. The van der Waals surface area contributed by atoms with Crippen molar-refractivity contribution in [2.45, 2.75) is 13.8 Å². The molecule has 2 nitrogen and oxygen atoms in total. The molecule has 0 spiro atoms. The van der Waals surface area contributed by atoms with Crippen LogP contribution in [0.2, 0.25) is 0 Å². The van der Waals surface area contributed by atoms with Crippen molar-refractivity contribution in [3.05, 3.63) is 149 Å². The van der Waals surface area contributed by atoms with E-state index in [1.54, 1.807) is 0 Å². The van der Waals surface area contributed by atoms with E-state index in [-0.39, 0.29) is 0 Å². The van der Waals surface area contributed by atoms with Crippen LogP contribution in [0.1, 0.15) is 22.9 Å². The Labute approximate surface area is 259 Å². The number of rotatable bonds is 3. The van der Waals surface area contributed by atoms with Crippen LogP contribution >= 0.6 is 11.3 Å². The Bertz CT molecular complexity index is 2630. The smallest absolute Gasteiger partial charge is 0.146 e. The Balaban J connectivity index is 1.28. The molecule has 0 aliphatic rings. The van der Waals surface area contributed by atoms with Gasteiger partial charge in [-0.3, -0.25) is 4.40 Å². The van der Waals surface area contributed by atoms with Gasteiger partial charge in [0.05, 0.1) is 16.6 Å². The predicted octanol–water partition coefficient (Wildman–Crippen LogP) is 11.6. The molecular formula is C41H28N2S. The zero-order valence-electron chi connectivity index (χ0n) is 24.5. The number of para-hydroxylation sites is 2. The summed E-state index contributed by atoms with van der Waals surface area (Å²) in [4.78, 5) is 6.51. The quantitative estimate of drug-likeness (QED) is 0.150. The molecule has 9 rings (SSSR count). The highest BCUT2D eigenvalue weighted by Gasteiger charge is 2.17. The molecule has 0 N–H and O–H groups in total. The summed E-state index contributed by atoms with van der Waals surface area (Å²) < 4.78 is 3.69. The number of hydrogen-bond donors (Lipinski definition) is 0. The molecule has 0 fully saturated rings. The van der Waals surface area contributed by atoms with Crippen molar-refractivity contribution in [1.29, 1.82) is 0 Å². The highest BCUT2D eigenvalue weighted by Crippen LogP contribution is 2.40. The van der Waals surface area contributed by atoms with Gasteiger partial charge in [0.15, 0.2) is 0 Å². The lowest BCUT2D eigenvalue weighted by Gasteiger charge is -2.13. The van der Waals surface area contributed by atoms with E-state index in [9.17, 15) is 0 Å². The van der Waals surface area contributed by atoms with Crippen LogP contribution in [0, 0.1) is 6.92 Å². The van der Waals surface area contributed by atoms with Crippen molar-refractivity contribution in [3.63, 3.8) is 0 Å². The van der Waals surface area contributed by atoms with E-state index in [0.29, 0.717) is 0 Å². The van der Waals surface area contributed by atoms with Gasteiger partial charge in [0, 0.05) is 20.3 Å². The number of hydrogen-bond acceptors (Lipinski definition) is 2. The molecule has 6 aromatic carbocycles. The van der Waals surface area contributed by atoms with Gasteiger partial charge < -0.3 is 0 Å². The molecule has 208 valence electrons. The highest BCUT2D eigenvalue weighted by atomic mass is 32.1. The van der Waals surface area contributed by atoms with Gasteiger partial charge in [0.1, 0.15) is 5.65 Å². The van der Waals surface area contributed by atoms with Crippen LogP contribution in [0.15, 0.2) is 133 Å². The number of aromatic nitrogens is 2. The number of imidazole rings is 1. The number of nitrogens with zero attached hydrogens (tertiary/aromatic N) is 2. The topological polar surface area (TPSA) is 17.3 Å². The molecule has 44 heavy (non-hydrogen) atoms. The van der Waals surface area contributed by atoms with Gasteiger partial charge in [-0.05, 0) is 106 Å². The third kappa shape index (κ3) is 3.69. The van der Waals surface area contributed by atoms with E-state index in [1.165, 1.54) is 75.2 Å². The summed E-state index contributed by atoms with van der Waals surface area (Å²) >= 11 is 1.88. The number of benzene rings is 6. The lowest BCUT2D eigenvalue weighted by molar-refractivity contribution is 1.32. The lowest BCUT2D eigenvalue weighted by Crippen LogP contribution is -1.93. The Hall–Kier alpha value is -5.25. The van der Waals surface area contributed by atoms with E-state index in [2.05, 4.69) is 152 Å². The van der Waals surface area contributed by atoms with Crippen molar-refractivity contribution < 1.29 is 0 Å². The maximum atomic E-state index is 5.17. The minimum atomic E-state index is 1.00. The van der Waals surface area contributed by atoms with Gasteiger partial charge in [0.2, 0.25) is 0 Å². The molecule has 0 aliphatic carbocycles. The molecule has 0 unspecified atom stereocenters. The Kier molecular flexibility index (Phi) is 5.53. The Morgan fingerprint density at radius 2 is 1.39 bits per heavy atom. The van der Waals surface area contributed by atoms with E-state index in [4.69, 9.17) is 4.98 Å². The Morgan fingerprint density at radius 1 is 0.636 bits per heavy atom. The third-order valence-electron chi connectivity index (χ3n) is 9.10. The number of thiophene rings is 1. The first-order chi connectivity index (χ1) is 21.7. The molecular weight excluding hydrogens is 553 g/mol. The molecule has 0 amide bonds. The summed E-state index contributed by atoms with van der Waals surface area (Å²) in [5.41, 5.74) is 10.6. The van der Waals surface area contributed by atoms with E-state index < -0.39 is 0 Å². The summed E-state index contributed by atoms with van der Waals surface area (Å²) in [6.07, 6.45) is 2.26. The first-order valence-electron chi connectivity index (χ1n) is 15.1. The second-order valence-electron chi connectivity index (χ2n) is 11.6. The normalized spacial score (nSPS) is 12.5. The van der Waals surface area contributed by atoms with Gasteiger partial charge in [-0.2, -0.15) is 0 Å². The van der Waals surface area contributed by atoms with Gasteiger partial charge in [-0.25, -0.2) is 4.98 Å². The van der Waals surface area contributed by atoms with Crippen LogP contribution in [-0.4, -0.2) is 9.38 Å². The number of allylic oxidation sites excluding steroid dienone is 1. The molecule has 0 radical (unpaired) electrons. The third-order valence-corrected chi connectivity index (χ3v) is 10.4. The fraction of sp³-hybridized carbons (Fsp3) is 0.0488. The molecule has 3 heterocycles. The average Bonchev–Trinajstić information content (AvgIpc) is 3.63. The first-order valence-corrected chi connectivity index (χ1v) is 15.9. The van der Waals surface area contributed by atoms with Crippen molar-refractivity contribution in [1.82, 2.24) is 9.38 Å². The lowest BCUT2D eigenvalue weighted by atomic mass is 9.95. The van der Waals surface area contributed by atoms with E-state index in [1.807, 2.05) is 11.3 Å². The van der Waals surface area contributed by atoms with E-state index >= 15 is 0 Å². The minimum absolute atomic E-state index is 1.00. The highest BCUT2D eigenvalue weighted by molar-refractivity contribution is 7.20. The molecule has 0 saturated carbocycles. The standard InChI is InChI=1S/C41H28N2S/c1-3-31(40-25(2)32-15-6-9-18-39(32)44-40)30-14-10-13-26(21-30)29-19-20-33-34-22-27-11-4-5-12-28(27)23-35(34)41-42-36-16-7-8-17-37(36)43(41)38(33)24-29/h3-24H,1-2H3/b31-3-. The second kappa shape index (κ2) is 9.63. The molecule has 0 aliphatic heterocycles. The van der Waals surface area contributed by atoms with Crippen LogP contribution in [0.3, 0.4) is 0 Å². The summed E-state index contributed by atoms with van der Waals surface area (Å²) in [5.74, 6) is 0. The van der Waals surface area contributed by atoms with Crippen LogP contribution in [0.5, 0.6) is 0 Å². The fourth-order valence-corrected chi connectivity index (χ4v) is 8.26. The molecule has 9 aromatic rings. The molecule has 3 heteroatoms. The predicted molar refractivity (Wildman–Crippen MR) is 190 cm³/mol. The molecule has 0 bridgehead atoms. The maximum absolute atomic E-state index is 5.17. The zero-order chi connectivity index (χ0) is 29.4. The van der Waals surface area contributed by atoms with Gasteiger partial charge in [0.25, 0.3) is 0 Å². The summed E-state index contributed by atoms with van der Waals surface area (Å²) in [6.45, 7) is 4.40. The molecule has 0 atom stereocenters. The van der Waals surface area contributed by atoms with Crippen LogP contribution in [-0.2, 0) is 0 Å². The van der Waals surface area contributed by atoms with Gasteiger partial charge in [-0.15, -0.1) is 11.3 Å². The Morgan fingerprint density at radius 3 is 2.23 bits per heavy atom. The van der Waals surface area contributed by atoms with Crippen LogP contribution in [0.4, 0.5) is 0 Å². The maximum Gasteiger partial charge on any atom is 0.146 e. The van der Waals surface area contributed by atoms with Crippen LogP contribution in [0.25, 0.3) is 75.9 Å². The van der Waals surface area contributed by atoms with Crippen molar-refractivity contribution in [3.8, 4) is 11.1 Å². The van der Waals surface area contributed by atoms with E-state index in [0.717, 1.165) is 16.7 Å². The monoisotopic (exact) mass is 580 g/mol. The first kappa shape index (κ1) is 25.3. The largest absolute Gasteiger partial charge is 0.292 e. The van der Waals surface area contributed by atoms with Gasteiger partial charge >= 0.3 is 0 Å². The van der Waals surface area contributed by atoms with Crippen molar-refractivity contribution in [2.24, 2.45) is 0 Å². The summed E-state index contributed by atoms with van der Waals surface area (Å²) in [5, 5.41) is 7.46. The zero-order valence-corrected chi connectivity index (χ0v) is 25.3. The van der Waals surface area contributed by atoms with Crippen molar-refractivity contribution >= 4 is 76.1 Å². The molecule has 0 saturated heterocycles. The second-order valence-corrected chi connectivity index (χ2v) is 12.6. The van der Waals surface area contributed by atoms with Crippen molar-refractivity contribution in [2.75, 3.05) is 0 Å². The minimum Gasteiger partial charge on any atom is -0.292 e. The number of fused-ring (bicyclic) bond motifs is 10. The fourth-order valence-electron chi connectivity index (χ4n) is 6.95. The molecule has 3 aromatic heterocycles. The van der Waals surface area contributed by atoms with Crippen LogP contribution < -0.4 is 0 Å². The van der Waals surface area contributed by atoms with Gasteiger partial charge in [-0.1, -0.05) is 91.0 Å². The SMILES string of the molecule is C/C=C(/c1cccc(-c2ccc3c4cc5ccccc5cc4c4nc5ccccc5n4c3c2)c1)c1sc2ccccc2c1C.